The van der Waals surface area contributed by atoms with Crippen molar-refractivity contribution in [2.75, 3.05) is 7.11 Å². The topological polar surface area (TPSA) is 26.3 Å². The van der Waals surface area contributed by atoms with Crippen LogP contribution in [0.5, 0.6) is 0 Å². The molecule has 0 saturated heterocycles. The standard InChI is InChI=1S/C14H14O2S/c1-9-5-4-6-11(7-9)12-10(2)8-17-13(12)14(15)16-3/h4-8H,1-3H3. The normalized spacial score (nSPS) is 10.3. The Kier molecular flexibility index (Phi) is 3.29. The first-order valence-electron chi connectivity index (χ1n) is 5.37. The zero-order chi connectivity index (χ0) is 12.4. The van der Waals surface area contributed by atoms with Crippen LogP contribution in [0.25, 0.3) is 11.1 Å². The molecule has 0 fully saturated rings. The molecule has 0 aliphatic rings. The maximum absolute atomic E-state index is 11.7. The van der Waals surface area contributed by atoms with E-state index in [0.29, 0.717) is 4.88 Å². The van der Waals surface area contributed by atoms with Crippen LogP contribution in [0, 0.1) is 13.8 Å². The van der Waals surface area contributed by atoms with Gasteiger partial charge >= 0.3 is 5.97 Å². The maximum atomic E-state index is 11.7. The van der Waals surface area contributed by atoms with Gasteiger partial charge in [-0.25, -0.2) is 4.79 Å². The van der Waals surface area contributed by atoms with Gasteiger partial charge in [0, 0.05) is 5.56 Å². The summed E-state index contributed by atoms with van der Waals surface area (Å²) in [6, 6.07) is 8.15. The van der Waals surface area contributed by atoms with E-state index in [1.54, 1.807) is 0 Å². The second kappa shape index (κ2) is 4.72. The summed E-state index contributed by atoms with van der Waals surface area (Å²) in [5, 5.41) is 1.99. The van der Waals surface area contributed by atoms with Crippen molar-refractivity contribution in [3.63, 3.8) is 0 Å². The molecule has 0 aliphatic heterocycles. The van der Waals surface area contributed by atoms with Crippen molar-refractivity contribution in [1.82, 2.24) is 0 Å². The van der Waals surface area contributed by atoms with Gasteiger partial charge in [-0.1, -0.05) is 29.8 Å². The Labute approximate surface area is 105 Å². The first-order valence-corrected chi connectivity index (χ1v) is 6.25. The highest BCUT2D eigenvalue weighted by Crippen LogP contribution is 2.33. The van der Waals surface area contributed by atoms with E-state index >= 15 is 0 Å². The minimum atomic E-state index is -0.264. The molecule has 1 heterocycles. The van der Waals surface area contributed by atoms with E-state index in [0.717, 1.165) is 16.7 Å². The average Bonchev–Trinajstić information content (AvgIpc) is 2.70. The van der Waals surface area contributed by atoms with Crippen molar-refractivity contribution in [3.05, 3.63) is 45.6 Å². The third-order valence-corrected chi connectivity index (χ3v) is 3.73. The maximum Gasteiger partial charge on any atom is 0.348 e. The number of esters is 1. The highest BCUT2D eigenvalue weighted by Gasteiger charge is 2.17. The molecule has 0 radical (unpaired) electrons. The van der Waals surface area contributed by atoms with Gasteiger partial charge in [-0.05, 0) is 30.4 Å². The predicted molar refractivity (Wildman–Crippen MR) is 70.6 cm³/mol. The number of carbonyl (C=O) groups excluding carboxylic acids is 1. The number of hydrogen-bond donors (Lipinski definition) is 0. The molecule has 1 aromatic heterocycles. The number of carbonyl (C=O) groups is 1. The zero-order valence-electron chi connectivity index (χ0n) is 10.1. The number of aryl methyl sites for hydroxylation is 2. The third kappa shape index (κ3) is 2.24. The molecule has 3 heteroatoms. The van der Waals surface area contributed by atoms with E-state index in [1.807, 2.05) is 37.4 Å². The molecule has 0 spiro atoms. The fraction of sp³-hybridized carbons (Fsp3) is 0.214. The van der Waals surface area contributed by atoms with Crippen LogP contribution in [0.4, 0.5) is 0 Å². The summed E-state index contributed by atoms with van der Waals surface area (Å²) < 4.78 is 4.81. The summed E-state index contributed by atoms with van der Waals surface area (Å²) in [7, 11) is 1.41. The van der Waals surface area contributed by atoms with E-state index in [4.69, 9.17) is 4.74 Å². The predicted octanol–water partition coefficient (Wildman–Crippen LogP) is 3.82. The Bertz CT molecular complexity index is 555. The van der Waals surface area contributed by atoms with Gasteiger partial charge < -0.3 is 4.74 Å². The van der Waals surface area contributed by atoms with Crippen molar-refractivity contribution >= 4 is 17.3 Å². The van der Waals surface area contributed by atoms with Crippen molar-refractivity contribution in [3.8, 4) is 11.1 Å². The fourth-order valence-corrected chi connectivity index (χ4v) is 2.84. The van der Waals surface area contributed by atoms with Gasteiger partial charge in [-0.15, -0.1) is 11.3 Å². The lowest BCUT2D eigenvalue weighted by Gasteiger charge is -2.05. The molecule has 0 aliphatic carbocycles. The molecular formula is C14H14O2S. The highest BCUT2D eigenvalue weighted by atomic mass is 32.1. The van der Waals surface area contributed by atoms with Gasteiger partial charge in [0.2, 0.25) is 0 Å². The van der Waals surface area contributed by atoms with Crippen LogP contribution < -0.4 is 0 Å². The minimum Gasteiger partial charge on any atom is -0.465 e. The largest absolute Gasteiger partial charge is 0.465 e. The van der Waals surface area contributed by atoms with Crippen LogP contribution >= 0.6 is 11.3 Å². The minimum absolute atomic E-state index is 0.264. The molecule has 0 bridgehead atoms. The van der Waals surface area contributed by atoms with Gasteiger partial charge in [0.15, 0.2) is 0 Å². The number of ether oxygens (including phenoxy) is 1. The first-order chi connectivity index (χ1) is 8.13. The number of hydrogen-bond acceptors (Lipinski definition) is 3. The van der Waals surface area contributed by atoms with Crippen LogP contribution in [0.3, 0.4) is 0 Å². The molecule has 17 heavy (non-hydrogen) atoms. The van der Waals surface area contributed by atoms with E-state index in [2.05, 4.69) is 6.07 Å². The highest BCUT2D eigenvalue weighted by molar-refractivity contribution is 7.12. The molecule has 0 N–H and O–H groups in total. The average molecular weight is 246 g/mol. The monoisotopic (exact) mass is 246 g/mol. The van der Waals surface area contributed by atoms with Crippen LogP contribution in [-0.4, -0.2) is 13.1 Å². The molecule has 0 unspecified atom stereocenters. The number of benzene rings is 1. The Hall–Kier alpha value is -1.61. The Morgan fingerprint density at radius 3 is 2.71 bits per heavy atom. The van der Waals surface area contributed by atoms with E-state index in [-0.39, 0.29) is 5.97 Å². The summed E-state index contributed by atoms with van der Waals surface area (Å²) in [5.74, 6) is -0.264. The van der Waals surface area contributed by atoms with Crippen LogP contribution in [-0.2, 0) is 4.74 Å². The lowest BCUT2D eigenvalue weighted by molar-refractivity contribution is 0.0607. The fourth-order valence-electron chi connectivity index (χ4n) is 1.85. The van der Waals surface area contributed by atoms with Crippen molar-refractivity contribution < 1.29 is 9.53 Å². The van der Waals surface area contributed by atoms with Crippen molar-refractivity contribution in [2.45, 2.75) is 13.8 Å². The van der Waals surface area contributed by atoms with Gasteiger partial charge in [0.25, 0.3) is 0 Å². The van der Waals surface area contributed by atoms with Gasteiger partial charge in [-0.3, -0.25) is 0 Å². The summed E-state index contributed by atoms with van der Waals surface area (Å²) in [5.41, 5.74) is 4.36. The molecule has 0 saturated carbocycles. The van der Waals surface area contributed by atoms with Gasteiger partial charge in [-0.2, -0.15) is 0 Å². The second-order valence-corrected chi connectivity index (χ2v) is 4.86. The summed E-state index contributed by atoms with van der Waals surface area (Å²) in [6.07, 6.45) is 0. The van der Waals surface area contributed by atoms with E-state index in [1.165, 1.54) is 24.0 Å². The number of methoxy groups -OCH3 is 1. The number of thiophene rings is 1. The lowest BCUT2D eigenvalue weighted by Crippen LogP contribution is -2.00. The van der Waals surface area contributed by atoms with Crippen LogP contribution in [0.15, 0.2) is 29.6 Å². The van der Waals surface area contributed by atoms with Crippen molar-refractivity contribution in [1.29, 1.82) is 0 Å². The zero-order valence-corrected chi connectivity index (χ0v) is 10.9. The Balaban J connectivity index is 2.58. The SMILES string of the molecule is COC(=O)c1scc(C)c1-c1cccc(C)c1. The molecule has 2 aromatic rings. The molecule has 1 aromatic carbocycles. The quantitative estimate of drug-likeness (QED) is 0.753. The van der Waals surface area contributed by atoms with Crippen molar-refractivity contribution in [2.24, 2.45) is 0 Å². The van der Waals surface area contributed by atoms with Crippen LogP contribution in [0.1, 0.15) is 20.8 Å². The molecule has 0 atom stereocenters. The Morgan fingerprint density at radius 1 is 1.29 bits per heavy atom. The second-order valence-electron chi connectivity index (χ2n) is 3.98. The van der Waals surface area contributed by atoms with Crippen LogP contribution in [0.2, 0.25) is 0 Å². The molecule has 0 amide bonds. The molecule has 88 valence electrons. The Morgan fingerprint density at radius 2 is 2.06 bits per heavy atom. The summed E-state index contributed by atoms with van der Waals surface area (Å²) >= 11 is 1.44. The third-order valence-electron chi connectivity index (χ3n) is 2.65. The lowest BCUT2D eigenvalue weighted by atomic mass is 10.0. The molecular weight excluding hydrogens is 232 g/mol. The summed E-state index contributed by atoms with van der Waals surface area (Å²) in [4.78, 5) is 12.4. The molecule has 2 nitrogen and oxygen atoms in total. The van der Waals surface area contributed by atoms with Gasteiger partial charge in [0.05, 0.1) is 7.11 Å². The summed E-state index contributed by atoms with van der Waals surface area (Å²) in [6.45, 7) is 4.06. The number of rotatable bonds is 2. The molecule has 2 rings (SSSR count). The van der Waals surface area contributed by atoms with E-state index in [9.17, 15) is 4.79 Å². The first kappa shape index (κ1) is 11.9. The smallest absolute Gasteiger partial charge is 0.348 e. The van der Waals surface area contributed by atoms with E-state index < -0.39 is 0 Å². The van der Waals surface area contributed by atoms with Gasteiger partial charge in [0.1, 0.15) is 4.88 Å².